The van der Waals surface area contributed by atoms with E-state index in [1.807, 2.05) is 55.4 Å². The van der Waals surface area contributed by atoms with Gasteiger partial charge in [-0.3, -0.25) is 4.79 Å². The predicted molar refractivity (Wildman–Crippen MR) is 84.6 cm³/mol. The van der Waals surface area contributed by atoms with Gasteiger partial charge in [0, 0.05) is 0 Å². The van der Waals surface area contributed by atoms with Crippen LogP contribution in [0.2, 0.25) is 0 Å². The molecule has 5 heteroatoms. The highest BCUT2D eigenvalue weighted by molar-refractivity contribution is 5.87. The van der Waals surface area contributed by atoms with Crippen molar-refractivity contribution in [2.45, 2.75) is 73.6 Å². The maximum Gasteiger partial charge on any atom is 0.329 e. The van der Waals surface area contributed by atoms with Gasteiger partial charge in [-0.2, -0.15) is 0 Å². The zero-order valence-electron chi connectivity index (χ0n) is 14.7. The molecule has 0 saturated heterocycles. The summed E-state index contributed by atoms with van der Waals surface area (Å²) in [4.78, 5) is 24.3. The number of hydrogen-bond donors (Lipinski definition) is 2. The molecule has 0 aliphatic carbocycles. The number of nitrogens with two attached hydrogens (primary N) is 1. The fourth-order valence-electron chi connectivity index (χ4n) is 1.47. The van der Waals surface area contributed by atoms with Gasteiger partial charge in [-0.1, -0.05) is 48.5 Å². The van der Waals surface area contributed by atoms with Gasteiger partial charge in [-0.15, -0.1) is 0 Å². The summed E-state index contributed by atoms with van der Waals surface area (Å²) in [6.07, 6.45) is -0.234. The van der Waals surface area contributed by atoms with Crippen LogP contribution in [0.25, 0.3) is 0 Å². The van der Waals surface area contributed by atoms with Gasteiger partial charge in [0.25, 0.3) is 0 Å². The van der Waals surface area contributed by atoms with E-state index in [0.717, 1.165) is 0 Å². The molecule has 3 N–H and O–H groups in total. The van der Waals surface area contributed by atoms with E-state index in [-0.39, 0.29) is 29.3 Å². The molecule has 0 fully saturated rings. The van der Waals surface area contributed by atoms with E-state index in [2.05, 4.69) is 5.32 Å². The standard InChI is InChI=1S/C16H32N2O3/c1-9(2)12(17)14(19)18-13(10(3)4)15(20)21-11(5)16(6,7)8/h9-13H,17H2,1-8H3,(H,18,19)/t11-,12-,13?/m0/s1. The number of amides is 1. The van der Waals surface area contributed by atoms with E-state index >= 15 is 0 Å². The first-order valence-corrected chi connectivity index (χ1v) is 7.64. The molecule has 0 spiro atoms. The highest BCUT2D eigenvalue weighted by Gasteiger charge is 2.32. The van der Waals surface area contributed by atoms with Crippen LogP contribution in [0.5, 0.6) is 0 Å². The summed E-state index contributed by atoms with van der Waals surface area (Å²) in [5.74, 6) is -0.767. The average Bonchev–Trinajstić information content (AvgIpc) is 2.32. The van der Waals surface area contributed by atoms with Gasteiger partial charge in [0.15, 0.2) is 0 Å². The fraction of sp³-hybridized carbons (Fsp3) is 0.875. The third-order valence-corrected chi connectivity index (χ3v) is 3.75. The first-order valence-electron chi connectivity index (χ1n) is 7.64. The van der Waals surface area contributed by atoms with Gasteiger partial charge in [0.1, 0.15) is 12.1 Å². The van der Waals surface area contributed by atoms with Gasteiger partial charge in [0.05, 0.1) is 6.04 Å². The SMILES string of the molecule is CC(C)C(NC(=O)[C@@H](N)C(C)C)C(=O)O[C@@H](C)C(C)(C)C. The van der Waals surface area contributed by atoms with Crippen molar-refractivity contribution in [2.75, 3.05) is 0 Å². The van der Waals surface area contributed by atoms with Crippen LogP contribution in [-0.2, 0) is 14.3 Å². The highest BCUT2D eigenvalue weighted by atomic mass is 16.5. The quantitative estimate of drug-likeness (QED) is 0.736. The third-order valence-electron chi connectivity index (χ3n) is 3.75. The Morgan fingerprint density at radius 2 is 1.48 bits per heavy atom. The van der Waals surface area contributed by atoms with E-state index < -0.39 is 18.1 Å². The van der Waals surface area contributed by atoms with Gasteiger partial charge in [-0.25, -0.2) is 4.79 Å². The second kappa shape index (κ2) is 7.78. The van der Waals surface area contributed by atoms with Gasteiger partial charge in [0.2, 0.25) is 5.91 Å². The molecule has 1 unspecified atom stereocenters. The van der Waals surface area contributed by atoms with Crippen LogP contribution < -0.4 is 11.1 Å². The molecule has 124 valence electrons. The van der Waals surface area contributed by atoms with Gasteiger partial charge >= 0.3 is 5.97 Å². The van der Waals surface area contributed by atoms with Crippen molar-refractivity contribution in [3.8, 4) is 0 Å². The van der Waals surface area contributed by atoms with Crippen molar-refractivity contribution < 1.29 is 14.3 Å². The summed E-state index contributed by atoms with van der Waals surface area (Å²) in [7, 11) is 0. The van der Waals surface area contributed by atoms with Crippen molar-refractivity contribution in [3.63, 3.8) is 0 Å². The van der Waals surface area contributed by atoms with Crippen LogP contribution in [0.1, 0.15) is 55.4 Å². The zero-order chi connectivity index (χ0) is 17.0. The lowest BCUT2D eigenvalue weighted by Crippen LogP contribution is -2.53. The summed E-state index contributed by atoms with van der Waals surface area (Å²) in [6, 6.07) is -1.30. The molecule has 0 heterocycles. The van der Waals surface area contributed by atoms with Crippen LogP contribution in [0.4, 0.5) is 0 Å². The maximum atomic E-state index is 12.3. The van der Waals surface area contributed by atoms with Crippen LogP contribution in [0.15, 0.2) is 0 Å². The van der Waals surface area contributed by atoms with Gasteiger partial charge < -0.3 is 15.8 Å². The van der Waals surface area contributed by atoms with Crippen molar-refractivity contribution in [1.29, 1.82) is 0 Å². The number of nitrogens with one attached hydrogen (secondary N) is 1. The highest BCUT2D eigenvalue weighted by Crippen LogP contribution is 2.22. The molecule has 3 atom stereocenters. The van der Waals surface area contributed by atoms with E-state index in [1.165, 1.54) is 0 Å². The number of rotatable bonds is 6. The van der Waals surface area contributed by atoms with E-state index in [0.29, 0.717) is 0 Å². The number of hydrogen-bond acceptors (Lipinski definition) is 4. The van der Waals surface area contributed by atoms with Gasteiger partial charge in [-0.05, 0) is 24.2 Å². The normalized spacial score (nSPS) is 16.5. The Balaban J connectivity index is 4.84. The number of ether oxygens (including phenoxy) is 1. The molecule has 1 amide bonds. The first-order chi connectivity index (χ1) is 9.37. The molecule has 21 heavy (non-hydrogen) atoms. The zero-order valence-corrected chi connectivity index (χ0v) is 14.7. The number of esters is 1. The minimum Gasteiger partial charge on any atom is -0.461 e. The van der Waals surface area contributed by atoms with Crippen LogP contribution >= 0.6 is 0 Å². The molecule has 0 aliphatic heterocycles. The largest absolute Gasteiger partial charge is 0.461 e. The van der Waals surface area contributed by atoms with Crippen molar-refractivity contribution in [3.05, 3.63) is 0 Å². The Morgan fingerprint density at radius 1 is 1.00 bits per heavy atom. The summed E-state index contributed by atoms with van der Waals surface area (Å²) < 4.78 is 5.48. The van der Waals surface area contributed by atoms with Crippen molar-refractivity contribution in [2.24, 2.45) is 23.0 Å². The molecule has 0 aliphatic rings. The Morgan fingerprint density at radius 3 is 1.81 bits per heavy atom. The molecule has 0 aromatic carbocycles. The summed E-state index contributed by atoms with van der Waals surface area (Å²) in [5.41, 5.74) is 5.67. The number of carbonyl (C=O) groups is 2. The molecule has 0 radical (unpaired) electrons. The maximum absolute atomic E-state index is 12.3. The predicted octanol–water partition coefficient (Wildman–Crippen LogP) is 2.09. The first kappa shape index (κ1) is 19.9. The molecular weight excluding hydrogens is 268 g/mol. The monoisotopic (exact) mass is 300 g/mol. The Labute approximate surface area is 129 Å². The molecule has 5 nitrogen and oxygen atoms in total. The summed E-state index contributed by atoms with van der Waals surface area (Å²) >= 11 is 0. The van der Waals surface area contributed by atoms with E-state index in [9.17, 15) is 9.59 Å². The molecular formula is C16H32N2O3. The lowest BCUT2D eigenvalue weighted by molar-refractivity contribution is -0.158. The summed E-state index contributed by atoms with van der Waals surface area (Å²) in [6.45, 7) is 15.3. The molecule has 0 rings (SSSR count). The van der Waals surface area contributed by atoms with E-state index in [1.54, 1.807) is 0 Å². The Bertz CT molecular complexity index is 359. The van der Waals surface area contributed by atoms with E-state index in [4.69, 9.17) is 10.5 Å². The lowest BCUT2D eigenvalue weighted by Gasteiger charge is -2.30. The van der Waals surface area contributed by atoms with Crippen LogP contribution in [-0.4, -0.2) is 30.1 Å². The molecule has 0 bridgehead atoms. The van der Waals surface area contributed by atoms with Crippen LogP contribution in [0, 0.1) is 17.3 Å². The lowest BCUT2D eigenvalue weighted by atomic mass is 9.90. The second-order valence-corrected chi connectivity index (χ2v) is 7.45. The van der Waals surface area contributed by atoms with Crippen LogP contribution in [0.3, 0.4) is 0 Å². The Kier molecular flexibility index (Phi) is 7.37. The second-order valence-electron chi connectivity index (χ2n) is 7.45. The molecule has 0 aromatic rings. The number of carbonyl (C=O) groups excluding carboxylic acids is 2. The fourth-order valence-corrected chi connectivity index (χ4v) is 1.47. The Hall–Kier alpha value is -1.10. The average molecular weight is 300 g/mol. The molecule has 0 aromatic heterocycles. The summed E-state index contributed by atoms with van der Waals surface area (Å²) in [5, 5.41) is 2.72. The van der Waals surface area contributed by atoms with Crippen molar-refractivity contribution in [1.82, 2.24) is 5.32 Å². The smallest absolute Gasteiger partial charge is 0.329 e. The molecule has 0 saturated carbocycles. The topological polar surface area (TPSA) is 81.4 Å². The van der Waals surface area contributed by atoms with Crippen molar-refractivity contribution >= 4 is 11.9 Å². The third kappa shape index (κ3) is 6.46. The minimum atomic E-state index is -0.674. The minimum absolute atomic E-state index is 0.0160.